The van der Waals surface area contributed by atoms with Gasteiger partial charge in [-0.3, -0.25) is 4.40 Å². The number of aliphatic hydroxyl groups excluding tert-OH is 1. The highest BCUT2D eigenvalue weighted by Gasteiger charge is 2.29. The number of imidazole rings is 1. The highest BCUT2D eigenvalue weighted by molar-refractivity contribution is 5.85. The molecule has 3 heterocycles. The topological polar surface area (TPSA) is 40.8 Å². The normalized spacial score (nSPS) is 19.6. The smallest absolute Gasteiger partial charge is 0.161 e. The molecule has 2 unspecified atom stereocenters. The van der Waals surface area contributed by atoms with E-state index in [9.17, 15) is 5.11 Å². The Morgan fingerprint density at radius 3 is 2.56 bits per heavy atom. The number of aliphatic hydroxyl groups is 1. The summed E-state index contributed by atoms with van der Waals surface area (Å²) in [6, 6.07) is 13.2. The van der Waals surface area contributed by atoms with Gasteiger partial charge in [-0.25, -0.2) is 4.98 Å². The Morgan fingerprint density at radius 1 is 1.12 bits per heavy atom. The van der Waals surface area contributed by atoms with E-state index in [0.717, 1.165) is 29.3 Å². The van der Waals surface area contributed by atoms with Crippen molar-refractivity contribution >= 4 is 23.7 Å². The van der Waals surface area contributed by atoms with Gasteiger partial charge in [0.05, 0.1) is 29.7 Å². The number of anilines is 1. The molecule has 0 radical (unpaired) electrons. The lowest BCUT2D eigenvalue weighted by molar-refractivity contribution is 0.275. The summed E-state index contributed by atoms with van der Waals surface area (Å²) in [5.74, 6) is 0.478. The molecule has 0 aliphatic carbocycles. The maximum atomic E-state index is 9.66. The lowest BCUT2D eigenvalue weighted by Crippen LogP contribution is -2.36. The van der Waals surface area contributed by atoms with Crippen LogP contribution in [-0.2, 0) is 6.61 Å². The van der Waals surface area contributed by atoms with E-state index in [-0.39, 0.29) is 19.0 Å². The van der Waals surface area contributed by atoms with Crippen LogP contribution < -0.4 is 4.90 Å². The second kappa shape index (κ2) is 6.70. The van der Waals surface area contributed by atoms with Crippen LogP contribution in [-0.4, -0.2) is 21.0 Å². The minimum absolute atomic E-state index is 0. The van der Waals surface area contributed by atoms with E-state index in [1.54, 1.807) is 0 Å². The molecule has 1 aliphatic heterocycles. The number of rotatable bonds is 2. The van der Waals surface area contributed by atoms with E-state index in [2.05, 4.69) is 49.1 Å². The second-order valence-corrected chi connectivity index (χ2v) is 6.75. The summed E-state index contributed by atoms with van der Waals surface area (Å²) in [7, 11) is 0. The van der Waals surface area contributed by atoms with Crippen molar-refractivity contribution in [2.24, 2.45) is 0 Å². The molecule has 2 atom stereocenters. The van der Waals surface area contributed by atoms with Crippen LogP contribution in [0.15, 0.2) is 42.6 Å². The fraction of sp³-hybridized carbons (Fsp3) is 0.350. The Hall–Kier alpha value is -2.04. The van der Waals surface area contributed by atoms with Crippen LogP contribution in [0.4, 0.5) is 5.69 Å². The van der Waals surface area contributed by atoms with E-state index in [1.807, 2.05) is 23.6 Å². The number of pyridine rings is 1. The lowest BCUT2D eigenvalue weighted by atomic mass is 9.86. The van der Waals surface area contributed by atoms with Gasteiger partial charge in [0, 0.05) is 12.7 Å². The van der Waals surface area contributed by atoms with Crippen LogP contribution in [0.25, 0.3) is 5.65 Å². The fourth-order valence-corrected chi connectivity index (χ4v) is 4.00. The minimum atomic E-state index is 0. The predicted molar refractivity (Wildman–Crippen MR) is 104 cm³/mol. The summed E-state index contributed by atoms with van der Waals surface area (Å²) in [5, 5.41) is 9.66. The van der Waals surface area contributed by atoms with Crippen LogP contribution in [0, 0.1) is 6.92 Å². The molecule has 0 bridgehead atoms. The van der Waals surface area contributed by atoms with Gasteiger partial charge >= 0.3 is 0 Å². The van der Waals surface area contributed by atoms with Crippen molar-refractivity contribution in [2.75, 3.05) is 11.4 Å². The Labute approximate surface area is 154 Å². The van der Waals surface area contributed by atoms with Gasteiger partial charge in [-0.2, -0.15) is 0 Å². The predicted octanol–water partition coefficient (Wildman–Crippen LogP) is 4.24. The molecule has 1 N–H and O–H groups in total. The zero-order valence-corrected chi connectivity index (χ0v) is 15.6. The van der Waals surface area contributed by atoms with Crippen LogP contribution in [0.2, 0.25) is 0 Å². The molecule has 3 aromatic rings. The standard InChI is InChI=1S/C20H23N3O.ClH/c1-13-11-23(15(3)17-8-5-4-7-16(13)17)18-9-6-10-22-19(12-24)14(2)21-20(18)22;/h4-10,13,15,24H,11-12H2,1-3H3;1H. The van der Waals surface area contributed by atoms with Crippen molar-refractivity contribution in [3.63, 3.8) is 0 Å². The number of fused-ring (bicyclic) bond motifs is 2. The quantitative estimate of drug-likeness (QED) is 0.745. The monoisotopic (exact) mass is 357 g/mol. The summed E-state index contributed by atoms with van der Waals surface area (Å²) in [6.45, 7) is 7.48. The minimum Gasteiger partial charge on any atom is -0.390 e. The highest BCUT2D eigenvalue weighted by atomic mass is 35.5. The third kappa shape index (κ3) is 2.70. The third-order valence-electron chi connectivity index (χ3n) is 5.30. The molecule has 0 fully saturated rings. The number of hydrogen-bond acceptors (Lipinski definition) is 3. The Bertz CT molecular complexity index is 905. The average Bonchev–Trinajstić information content (AvgIpc) is 2.93. The molecule has 0 saturated heterocycles. The number of benzene rings is 1. The highest BCUT2D eigenvalue weighted by Crippen LogP contribution is 2.39. The van der Waals surface area contributed by atoms with Crippen LogP contribution >= 0.6 is 12.4 Å². The van der Waals surface area contributed by atoms with Crippen molar-refractivity contribution in [1.29, 1.82) is 0 Å². The molecule has 0 amide bonds. The maximum absolute atomic E-state index is 9.66. The molecule has 0 spiro atoms. The van der Waals surface area contributed by atoms with Crippen LogP contribution in [0.3, 0.4) is 0 Å². The Morgan fingerprint density at radius 2 is 1.84 bits per heavy atom. The van der Waals surface area contributed by atoms with Crippen LogP contribution in [0.1, 0.15) is 48.3 Å². The van der Waals surface area contributed by atoms with Crippen molar-refractivity contribution in [1.82, 2.24) is 9.38 Å². The first kappa shape index (κ1) is 17.8. The van der Waals surface area contributed by atoms with Gasteiger partial charge in [0.2, 0.25) is 0 Å². The zero-order valence-electron chi connectivity index (χ0n) is 14.8. The first-order valence-corrected chi connectivity index (χ1v) is 8.54. The summed E-state index contributed by atoms with van der Waals surface area (Å²) in [5.41, 5.74) is 6.66. The van der Waals surface area contributed by atoms with E-state index in [4.69, 9.17) is 4.98 Å². The van der Waals surface area contributed by atoms with Gasteiger partial charge in [0.1, 0.15) is 0 Å². The zero-order chi connectivity index (χ0) is 16.8. The molecule has 0 saturated carbocycles. The summed E-state index contributed by atoms with van der Waals surface area (Å²) >= 11 is 0. The molecule has 4 rings (SSSR count). The first-order chi connectivity index (χ1) is 11.6. The molecule has 5 heteroatoms. The van der Waals surface area contributed by atoms with Gasteiger partial charge in [0.25, 0.3) is 0 Å². The van der Waals surface area contributed by atoms with Crippen molar-refractivity contribution in [2.45, 2.75) is 39.3 Å². The Kier molecular flexibility index (Phi) is 4.76. The number of hydrogen-bond donors (Lipinski definition) is 1. The first-order valence-electron chi connectivity index (χ1n) is 8.54. The van der Waals surface area contributed by atoms with Crippen molar-refractivity contribution < 1.29 is 5.11 Å². The van der Waals surface area contributed by atoms with Gasteiger partial charge < -0.3 is 10.0 Å². The second-order valence-electron chi connectivity index (χ2n) is 6.75. The van der Waals surface area contributed by atoms with Gasteiger partial charge in [-0.15, -0.1) is 12.4 Å². The summed E-state index contributed by atoms with van der Waals surface area (Å²) in [6.07, 6.45) is 1.98. The molecular weight excluding hydrogens is 334 g/mol. The molecule has 1 aliphatic rings. The van der Waals surface area contributed by atoms with Gasteiger partial charge in [-0.05, 0) is 43.0 Å². The fourth-order valence-electron chi connectivity index (χ4n) is 4.00. The number of halogens is 1. The Balaban J connectivity index is 0.00000182. The SMILES string of the molecule is Cc1nc2c(N3CC(C)c4ccccc4C3C)cccn2c1CO.Cl. The number of aryl methyl sites for hydroxylation is 1. The largest absolute Gasteiger partial charge is 0.390 e. The van der Waals surface area contributed by atoms with Gasteiger partial charge in [-0.1, -0.05) is 31.2 Å². The van der Waals surface area contributed by atoms with Crippen LogP contribution in [0.5, 0.6) is 0 Å². The van der Waals surface area contributed by atoms with Gasteiger partial charge in [0.15, 0.2) is 5.65 Å². The third-order valence-corrected chi connectivity index (χ3v) is 5.30. The molecule has 25 heavy (non-hydrogen) atoms. The molecule has 132 valence electrons. The van der Waals surface area contributed by atoms with Crippen molar-refractivity contribution in [3.8, 4) is 0 Å². The molecule has 4 nitrogen and oxygen atoms in total. The van der Waals surface area contributed by atoms with Crippen molar-refractivity contribution in [3.05, 3.63) is 65.1 Å². The van der Waals surface area contributed by atoms with E-state index < -0.39 is 0 Å². The molecular formula is C20H24ClN3O. The maximum Gasteiger partial charge on any atom is 0.161 e. The average molecular weight is 358 g/mol. The number of aromatic nitrogens is 2. The lowest BCUT2D eigenvalue weighted by Gasteiger charge is -2.40. The molecule has 2 aromatic heterocycles. The molecule has 1 aromatic carbocycles. The summed E-state index contributed by atoms with van der Waals surface area (Å²) in [4.78, 5) is 7.18. The van der Waals surface area contributed by atoms with E-state index in [1.165, 1.54) is 11.1 Å². The van der Waals surface area contributed by atoms with E-state index >= 15 is 0 Å². The summed E-state index contributed by atoms with van der Waals surface area (Å²) < 4.78 is 2.02. The number of nitrogens with zero attached hydrogens (tertiary/aromatic N) is 3. The van der Waals surface area contributed by atoms with E-state index in [0.29, 0.717) is 12.0 Å².